The summed E-state index contributed by atoms with van der Waals surface area (Å²) in [6.45, 7) is 1.42. The second-order valence-electron chi connectivity index (χ2n) is 2.48. The summed E-state index contributed by atoms with van der Waals surface area (Å²) >= 11 is 0. The van der Waals surface area contributed by atoms with Crippen LogP contribution in [0.3, 0.4) is 0 Å². The number of alkyl halides is 2. The fraction of sp³-hybridized carbons (Fsp3) is 0.250. The first kappa shape index (κ1) is 9.70. The maximum absolute atomic E-state index is 12.8. The van der Waals surface area contributed by atoms with Crippen LogP contribution in [-0.2, 0) is 0 Å². The Kier molecular flexibility index (Phi) is 2.65. The van der Waals surface area contributed by atoms with Crippen molar-refractivity contribution in [1.82, 2.24) is 4.98 Å². The van der Waals surface area contributed by atoms with Gasteiger partial charge in [-0.1, -0.05) is 0 Å². The van der Waals surface area contributed by atoms with Crippen molar-refractivity contribution >= 4 is 6.29 Å². The van der Waals surface area contributed by atoms with E-state index in [1.807, 2.05) is 0 Å². The van der Waals surface area contributed by atoms with E-state index < -0.39 is 17.9 Å². The molecule has 5 heteroatoms. The van der Waals surface area contributed by atoms with E-state index in [1.165, 1.54) is 6.92 Å². The van der Waals surface area contributed by atoms with E-state index in [0.717, 1.165) is 6.07 Å². The van der Waals surface area contributed by atoms with Gasteiger partial charge in [-0.2, -0.15) is 4.39 Å². The molecular formula is C8H6F3NO. The molecule has 0 N–H and O–H groups in total. The molecule has 0 spiro atoms. The van der Waals surface area contributed by atoms with Crippen LogP contribution in [0, 0.1) is 12.9 Å². The normalized spacial score (nSPS) is 10.5. The third-order valence-electron chi connectivity index (χ3n) is 1.52. The fourth-order valence-electron chi connectivity index (χ4n) is 0.983. The molecule has 1 aromatic rings. The molecule has 0 atom stereocenters. The van der Waals surface area contributed by atoms with Crippen LogP contribution in [0.1, 0.15) is 28.0 Å². The van der Waals surface area contributed by atoms with E-state index in [-0.39, 0.29) is 17.5 Å². The number of aromatic nitrogens is 1. The summed E-state index contributed by atoms with van der Waals surface area (Å²) in [6.07, 6.45) is -2.83. The van der Waals surface area contributed by atoms with Gasteiger partial charge in [0, 0.05) is 11.3 Å². The highest BCUT2D eigenvalue weighted by Gasteiger charge is 2.19. The molecule has 70 valence electrons. The molecule has 1 heterocycles. The molecule has 1 rings (SSSR count). The molecule has 13 heavy (non-hydrogen) atoms. The third kappa shape index (κ3) is 1.85. The second kappa shape index (κ2) is 3.55. The monoisotopic (exact) mass is 189 g/mol. The van der Waals surface area contributed by atoms with Gasteiger partial charge in [0.05, 0.1) is 5.56 Å². The Morgan fingerprint density at radius 3 is 2.62 bits per heavy atom. The zero-order chi connectivity index (χ0) is 10.0. The van der Waals surface area contributed by atoms with Gasteiger partial charge in [0.2, 0.25) is 5.95 Å². The van der Waals surface area contributed by atoms with Gasteiger partial charge in [0.15, 0.2) is 6.29 Å². The van der Waals surface area contributed by atoms with Crippen molar-refractivity contribution in [2.75, 3.05) is 0 Å². The number of aryl methyl sites for hydroxylation is 1. The summed E-state index contributed by atoms with van der Waals surface area (Å²) in [5, 5.41) is 0. The summed E-state index contributed by atoms with van der Waals surface area (Å²) in [5.74, 6) is -1.28. The lowest BCUT2D eigenvalue weighted by molar-refractivity contribution is 0.110. The number of carbonyl (C=O) groups is 1. The Morgan fingerprint density at radius 1 is 1.54 bits per heavy atom. The zero-order valence-electron chi connectivity index (χ0n) is 6.72. The molecule has 0 amide bonds. The van der Waals surface area contributed by atoms with Crippen LogP contribution >= 0.6 is 0 Å². The highest BCUT2D eigenvalue weighted by molar-refractivity contribution is 5.77. The minimum atomic E-state index is -3.02. The number of aldehydes is 1. The summed E-state index contributed by atoms with van der Waals surface area (Å²) in [5.41, 5.74) is -1.08. The van der Waals surface area contributed by atoms with Crippen molar-refractivity contribution in [3.63, 3.8) is 0 Å². The third-order valence-corrected chi connectivity index (χ3v) is 1.52. The van der Waals surface area contributed by atoms with Crippen LogP contribution in [0.25, 0.3) is 0 Å². The van der Waals surface area contributed by atoms with Crippen molar-refractivity contribution < 1.29 is 18.0 Å². The second-order valence-corrected chi connectivity index (χ2v) is 2.48. The summed E-state index contributed by atoms with van der Waals surface area (Å²) < 4.78 is 37.1. The smallest absolute Gasteiger partial charge is 0.268 e. The van der Waals surface area contributed by atoms with Crippen LogP contribution in [-0.4, -0.2) is 11.3 Å². The highest BCUT2D eigenvalue weighted by Crippen LogP contribution is 2.24. The fourth-order valence-corrected chi connectivity index (χ4v) is 0.983. The molecule has 0 saturated heterocycles. The van der Waals surface area contributed by atoms with Crippen LogP contribution in [0.15, 0.2) is 6.07 Å². The average Bonchev–Trinajstić information content (AvgIpc) is 2.01. The largest absolute Gasteiger partial charge is 0.298 e. The van der Waals surface area contributed by atoms with E-state index in [2.05, 4.69) is 4.98 Å². The lowest BCUT2D eigenvalue weighted by Gasteiger charge is -2.04. The van der Waals surface area contributed by atoms with Gasteiger partial charge in [-0.3, -0.25) is 4.79 Å². The Hall–Kier alpha value is -1.39. The lowest BCUT2D eigenvalue weighted by Crippen LogP contribution is -2.02. The lowest BCUT2D eigenvalue weighted by atomic mass is 10.1. The van der Waals surface area contributed by atoms with Gasteiger partial charge in [0.1, 0.15) is 0 Å². The van der Waals surface area contributed by atoms with Gasteiger partial charge in [-0.15, -0.1) is 0 Å². The van der Waals surface area contributed by atoms with E-state index in [4.69, 9.17) is 0 Å². The number of hydrogen-bond acceptors (Lipinski definition) is 2. The van der Waals surface area contributed by atoms with E-state index >= 15 is 0 Å². The molecule has 0 aliphatic rings. The first-order valence-corrected chi connectivity index (χ1v) is 3.46. The number of nitrogens with zero attached hydrogens (tertiary/aromatic N) is 1. The molecule has 0 aromatic carbocycles. The van der Waals surface area contributed by atoms with Crippen LogP contribution in [0.5, 0.6) is 0 Å². The Labute approximate surface area is 72.4 Å². The van der Waals surface area contributed by atoms with Crippen LogP contribution in [0.2, 0.25) is 0 Å². The first-order chi connectivity index (χ1) is 6.06. The SMILES string of the molecule is Cc1cc(C=O)c(C(F)F)c(F)n1. The first-order valence-electron chi connectivity index (χ1n) is 3.46. The highest BCUT2D eigenvalue weighted by atomic mass is 19.3. The molecule has 1 aromatic heterocycles. The van der Waals surface area contributed by atoms with E-state index in [1.54, 1.807) is 0 Å². The molecule has 0 saturated carbocycles. The van der Waals surface area contributed by atoms with Crippen LogP contribution in [0.4, 0.5) is 13.2 Å². The number of hydrogen-bond donors (Lipinski definition) is 0. The van der Waals surface area contributed by atoms with Gasteiger partial charge in [-0.05, 0) is 13.0 Å². The van der Waals surface area contributed by atoms with Gasteiger partial charge in [0.25, 0.3) is 6.43 Å². The molecule has 2 nitrogen and oxygen atoms in total. The van der Waals surface area contributed by atoms with Crippen molar-refractivity contribution in [1.29, 1.82) is 0 Å². The Balaban J connectivity index is 3.38. The van der Waals surface area contributed by atoms with Gasteiger partial charge < -0.3 is 0 Å². The molecular weight excluding hydrogens is 183 g/mol. The Bertz CT molecular complexity index is 338. The predicted molar refractivity (Wildman–Crippen MR) is 39.3 cm³/mol. The number of rotatable bonds is 2. The molecule has 0 radical (unpaired) electrons. The van der Waals surface area contributed by atoms with Crippen molar-refractivity contribution in [3.05, 3.63) is 28.8 Å². The maximum atomic E-state index is 12.8. The van der Waals surface area contributed by atoms with Crippen molar-refractivity contribution in [2.45, 2.75) is 13.3 Å². The summed E-state index contributed by atoms with van der Waals surface area (Å²) in [4.78, 5) is 13.5. The number of halogens is 3. The summed E-state index contributed by atoms with van der Waals surface area (Å²) in [7, 11) is 0. The maximum Gasteiger partial charge on any atom is 0.268 e. The quantitative estimate of drug-likeness (QED) is 0.527. The molecule has 0 aliphatic carbocycles. The van der Waals surface area contributed by atoms with Gasteiger partial charge >= 0.3 is 0 Å². The topological polar surface area (TPSA) is 30.0 Å². The minimum Gasteiger partial charge on any atom is -0.298 e. The molecule has 0 fully saturated rings. The van der Waals surface area contributed by atoms with Crippen LogP contribution < -0.4 is 0 Å². The zero-order valence-corrected chi connectivity index (χ0v) is 6.72. The summed E-state index contributed by atoms with van der Waals surface area (Å²) in [6, 6.07) is 1.12. The van der Waals surface area contributed by atoms with E-state index in [9.17, 15) is 18.0 Å². The van der Waals surface area contributed by atoms with Crippen molar-refractivity contribution in [2.24, 2.45) is 0 Å². The molecule has 0 aliphatic heterocycles. The predicted octanol–water partition coefficient (Wildman–Crippen LogP) is 2.28. The van der Waals surface area contributed by atoms with Gasteiger partial charge in [-0.25, -0.2) is 13.8 Å². The number of carbonyl (C=O) groups excluding carboxylic acids is 1. The minimum absolute atomic E-state index is 0.194. The molecule has 0 unspecified atom stereocenters. The molecule has 0 bridgehead atoms. The Morgan fingerprint density at radius 2 is 2.15 bits per heavy atom. The standard InChI is InChI=1S/C8H6F3NO/c1-4-2-5(3-13)6(7(9)10)8(11)12-4/h2-3,7H,1H3. The van der Waals surface area contributed by atoms with Crippen molar-refractivity contribution in [3.8, 4) is 0 Å². The van der Waals surface area contributed by atoms with E-state index in [0.29, 0.717) is 0 Å². The number of pyridine rings is 1. The average molecular weight is 189 g/mol.